The van der Waals surface area contributed by atoms with Gasteiger partial charge in [0, 0.05) is 17.0 Å². The fourth-order valence-electron chi connectivity index (χ4n) is 3.28. The van der Waals surface area contributed by atoms with Crippen LogP contribution in [-0.4, -0.2) is 23.3 Å². The molecule has 0 aliphatic heterocycles. The number of hydrogen-bond acceptors (Lipinski definition) is 5. The van der Waals surface area contributed by atoms with Crippen molar-refractivity contribution in [3.05, 3.63) is 53.5 Å². The molecule has 1 aromatic heterocycles. The summed E-state index contributed by atoms with van der Waals surface area (Å²) in [5, 5.41) is 1.61. The van der Waals surface area contributed by atoms with Crippen molar-refractivity contribution in [2.45, 2.75) is 48.5 Å². The first-order valence-corrected chi connectivity index (χ1v) is 10.1. The van der Waals surface area contributed by atoms with Gasteiger partial charge in [0.1, 0.15) is 11.6 Å². The first-order chi connectivity index (χ1) is 13.2. The number of aromatic nitrogens is 1. The number of hydrogen-bond donors (Lipinski definition) is 0. The number of halogens is 1. The molecule has 1 aromatic carbocycles. The lowest BCUT2D eigenvalue weighted by molar-refractivity contribution is -0.142. The Morgan fingerprint density at radius 1 is 1.33 bits per heavy atom. The van der Waals surface area contributed by atoms with Gasteiger partial charge in [0.2, 0.25) is 0 Å². The van der Waals surface area contributed by atoms with E-state index in [1.54, 1.807) is 24.0 Å². The van der Waals surface area contributed by atoms with E-state index in [1.165, 1.54) is 32.4 Å². The van der Waals surface area contributed by atoms with Gasteiger partial charge in [-0.3, -0.25) is 4.79 Å². The van der Waals surface area contributed by atoms with Gasteiger partial charge in [0.15, 0.2) is 11.6 Å². The van der Waals surface area contributed by atoms with E-state index in [0.717, 1.165) is 16.2 Å². The van der Waals surface area contributed by atoms with Gasteiger partial charge in [0.25, 0.3) is 0 Å². The SMILES string of the molecule is COC(=O)C1CC1c1ccc(OCc2cccnc2SC2CCC2)c(F)c1. The maximum atomic E-state index is 14.5. The Morgan fingerprint density at radius 3 is 2.89 bits per heavy atom. The molecule has 0 N–H and O–H groups in total. The summed E-state index contributed by atoms with van der Waals surface area (Å²) in [4.78, 5) is 16.0. The number of methoxy groups -OCH3 is 1. The Balaban J connectivity index is 1.40. The summed E-state index contributed by atoms with van der Waals surface area (Å²) in [5.74, 6) is -0.515. The minimum absolute atomic E-state index is 0.0461. The number of benzene rings is 1. The number of nitrogens with zero attached hydrogens (tertiary/aromatic N) is 1. The molecule has 142 valence electrons. The van der Waals surface area contributed by atoms with Crippen LogP contribution in [0.3, 0.4) is 0 Å². The highest BCUT2D eigenvalue weighted by molar-refractivity contribution is 8.00. The second-order valence-electron chi connectivity index (χ2n) is 7.09. The summed E-state index contributed by atoms with van der Waals surface area (Å²) in [6.07, 6.45) is 6.24. The molecule has 0 spiro atoms. The van der Waals surface area contributed by atoms with Crippen LogP contribution in [0.4, 0.5) is 4.39 Å². The van der Waals surface area contributed by atoms with E-state index in [2.05, 4.69) is 4.98 Å². The van der Waals surface area contributed by atoms with E-state index in [-0.39, 0.29) is 30.2 Å². The summed E-state index contributed by atoms with van der Waals surface area (Å²) >= 11 is 1.79. The topological polar surface area (TPSA) is 48.4 Å². The summed E-state index contributed by atoms with van der Waals surface area (Å²) in [7, 11) is 1.38. The Hall–Kier alpha value is -2.08. The third kappa shape index (κ3) is 4.10. The van der Waals surface area contributed by atoms with Gasteiger partial charge in [-0.1, -0.05) is 18.6 Å². The summed E-state index contributed by atoms with van der Waals surface area (Å²) in [6.45, 7) is 0.285. The molecule has 2 fully saturated rings. The molecule has 0 bridgehead atoms. The van der Waals surface area contributed by atoms with Gasteiger partial charge in [-0.25, -0.2) is 9.37 Å². The summed E-state index contributed by atoms with van der Waals surface area (Å²) in [6, 6.07) is 8.80. The normalized spacial score (nSPS) is 21.4. The van der Waals surface area contributed by atoms with Crippen molar-refractivity contribution in [2.75, 3.05) is 7.11 Å². The van der Waals surface area contributed by atoms with E-state index in [1.807, 2.05) is 18.2 Å². The molecule has 0 amide bonds. The highest BCUT2D eigenvalue weighted by atomic mass is 32.2. The van der Waals surface area contributed by atoms with Crippen LogP contribution in [0, 0.1) is 11.7 Å². The smallest absolute Gasteiger partial charge is 0.309 e. The van der Waals surface area contributed by atoms with Gasteiger partial charge in [0.05, 0.1) is 13.0 Å². The lowest BCUT2D eigenvalue weighted by Crippen LogP contribution is -2.14. The Kier molecular flexibility index (Phi) is 5.34. The van der Waals surface area contributed by atoms with Crippen molar-refractivity contribution >= 4 is 17.7 Å². The molecule has 2 aliphatic carbocycles. The molecular weight excluding hydrogens is 365 g/mol. The van der Waals surface area contributed by atoms with Crippen molar-refractivity contribution in [2.24, 2.45) is 5.92 Å². The first-order valence-electron chi connectivity index (χ1n) is 9.26. The third-order valence-electron chi connectivity index (χ3n) is 5.24. The van der Waals surface area contributed by atoms with Crippen LogP contribution < -0.4 is 4.74 Å². The zero-order valence-corrected chi connectivity index (χ0v) is 16.0. The van der Waals surface area contributed by atoms with Crippen molar-refractivity contribution in [3.8, 4) is 5.75 Å². The number of esters is 1. The van der Waals surface area contributed by atoms with Crippen LogP contribution in [0.5, 0.6) is 5.75 Å². The van der Waals surface area contributed by atoms with Crippen LogP contribution in [-0.2, 0) is 16.1 Å². The van der Waals surface area contributed by atoms with E-state index in [9.17, 15) is 9.18 Å². The van der Waals surface area contributed by atoms with Crippen LogP contribution >= 0.6 is 11.8 Å². The Morgan fingerprint density at radius 2 is 2.19 bits per heavy atom. The highest BCUT2D eigenvalue weighted by Gasteiger charge is 2.45. The lowest BCUT2D eigenvalue weighted by Gasteiger charge is -2.24. The highest BCUT2D eigenvalue weighted by Crippen LogP contribution is 2.48. The van der Waals surface area contributed by atoms with E-state index in [0.29, 0.717) is 11.7 Å². The molecule has 2 atom stereocenters. The fourth-order valence-corrected chi connectivity index (χ4v) is 4.57. The minimum Gasteiger partial charge on any atom is -0.486 e. The summed E-state index contributed by atoms with van der Waals surface area (Å²) < 4.78 is 24.9. The maximum absolute atomic E-state index is 14.5. The second kappa shape index (κ2) is 7.89. The summed E-state index contributed by atoms with van der Waals surface area (Å²) in [5.41, 5.74) is 1.80. The number of carbonyl (C=O) groups is 1. The predicted molar refractivity (Wildman–Crippen MR) is 101 cm³/mol. The molecule has 4 rings (SSSR count). The van der Waals surface area contributed by atoms with Gasteiger partial charge in [-0.05, 0) is 48.9 Å². The zero-order valence-electron chi connectivity index (χ0n) is 15.2. The first kappa shape index (κ1) is 18.3. The number of rotatable bonds is 7. The number of thioether (sulfide) groups is 1. The van der Waals surface area contributed by atoms with Crippen LogP contribution in [0.25, 0.3) is 0 Å². The molecule has 0 saturated heterocycles. The van der Waals surface area contributed by atoms with Crippen LogP contribution in [0.15, 0.2) is 41.6 Å². The average Bonchev–Trinajstić information content (AvgIpc) is 3.44. The van der Waals surface area contributed by atoms with Crippen molar-refractivity contribution in [1.82, 2.24) is 4.98 Å². The zero-order chi connectivity index (χ0) is 18.8. The number of pyridine rings is 1. The molecular formula is C21H22FNO3S. The quantitative estimate of drug-likeness (QED) is 0.644. The van der Waals surface area contributed by atoms with Crippen molar-refractivity contribution < 1.29 is 18.7 Å². The van der Waals surface area contributed by atoms with Crippen LogP contribution in [0.1, 0.15) is 42.7 Å². The lowest BCUT2D eigenvalue weighted by atomic mass is 10.0. The predicted octanol–water partition coefficient (Wildman–Crippen LogP) is 4.72. The standard InChI is InChI=1S/C21H22FNO3S/c1-25-21(24)17-11-16(17)13-7-8-19(18(22)10-13)26-12-14-4-3-9-23-20(14)27-15-5-2-6-15/h3-4,7-10,15-17H,2,5-6,11-12H2,1H3. The number of carbonyl (C=O) groups excluding carboxylic acids is 1. The monoisotopic (exact) mass is 387 g/mol. The molecule has 0 radical (unpaired) electrons. The van der Waals surface area contributed by atoms with E-state index < -0.39 is 5.82 Å². The van der Waals surface area contributed by atoms with Gasteiger partial charge in [-0.15, -0.1) is 11.8 Å². The Bertz CT molecular complexity index is 840. The van der Waals surface area contributed by atoms with Gasteiger partial charge >= 0.3 is 5.97 Å². The average molecular weight is 387 g/mol. The Labute approximate surface area is 162 Å². The van der Waals surface area contributed by atoms with Gasteiger partial charge in [-0.2, -0.15) is 0 Å². The van der Waals surface area contributed by atoms with E-state index >= 15 is 0 Å². The molecule has 1 heterocycles. The molecule has 2 saturated carbocycles. The van der Waals surface area contributed by atoms with E-state index in [4.69, 9.17) is 9.47 Å². The number of ether oxygens (including phenoxy) is 2. The molecule has 2 aromatic rings. The largest absolute Gasteiger partial charge is 0.486 e. The van der Waals surface area contributed by atoms with Crippen LogP contribution in [0.2, 0.25) is 0 Å². The molecule has 2 unspecified atom stereocenters. The van der Waals surface area contributed by atoms with Crippen molar-refractivity contribution in [3.63, 3.8) is 0 Å². The molecule has 6 heteroatoms. The fraction of sp³-hybridized carbons (Fsp3) is 0.429. The minimum atomic E-state index is -0.403. The maximum Gasteiger partial charge on any atom is 0.309 e. The second-order valence-corrected chi connectivity index (χ2v) is 8.38. The molecule has 2 aliphatic rings. The van der Waals surface area contributed by atoms with Crippen molar-refractivity contribution in [1.29, 1.82) is 0 Å². The third-order valence-corrected chi connectivity index (χ3v) is 6.64. The molecule has 4 nitrogen and oxygen atoms in total. The molecule has 27 heavy (non-hydrogen) atoms. The van der Waals surface area contributed by atoms with Gasteiger partial charge < -0.3 is 9.47 Å².